The van der Waals surface area contributed by atoms with Crippen molar-refractivity contribution in [3.8, 4) is 0 Å². The number of nitro groups is 1. The molecule has 1 saturated heterocycles. The predicted molar refractivity (Wildman–Crippen MR) is 83.3 cm³/mol. The lowest BCUT2D eigenvalue weighted by molar-refractivity contribution is -0.388. The number of benzene rings is 1. The molecule has 0 aliphatic carbocycles. The summed E-state index contributed by atoms with van der Waals surface area (Å²) in [6.45, 7) is 6.47. The van der Waals surface area contributed by atoms with Crippen LogP contribution < -0.4 is 10.0 Å². The third-order valence-corrected chi connectivity index (χ3v) is 5.78. The topological polar surface area (TPSA) is 101 Å². The monoisotopic (exact) mass is 327 g/mol. The van der Waals surface area contributed by atoms with Crippen LogP contribution in [0.4, 0.5) is 5.69 Å². The van der Waals surface area contributed by atoms with Gasteiger partial charge in [-0.2, -0.15) is 0 Å². The highest BCUT2D eigenvalue weighted by Crippen LogP contribution is 2.31. The maximum Gasteiger partial charge on any atom is 0.292 e. The summed E-state index contributed by atoms with van der Waals surface area (Å²) in [7, 11) is -3.95. The van der Waals surface area contributed by atoms with Crippen molar-refractivity contribution in [2.75, 3.05) is 13.1 Å². The predicted octanol–water partition coefficient (Wildman–Crippen LogP) is 1.49. The molecule has 0 amide bonds. The molecule has 2 rings (SSSR count). The van der Waals surface area contributed by atoms with Crippen LogP contribution in [0.5, 0.6) is 0 Å². The maximum atomic E-state index is 12.7. The van der Waals surface area contributed by atoms with E-state index in [2.05, 4.69) is 10.0 Å². The summed E-state index contributed by atoms with van der Waals surface area (Å²) in [6, 6.07) is 2.90. The lowest BCUT2D eigenvalue weighted by Crippen LogP contribution is -2.50. The van der Waals surface area contributed by atoms with Crippen LogP contribution in [-0.2, 0) is 10.0 Å². The Balaban J connectivity index is 2.45. The van der Waals surface area contributed by atoms with Gasteiger partial charge in [-0.15, -0.1) is 0 Å². The van der Waals surface area contributed by atoms with Crippen molar-refractivity contribution in [2.45, 2.75) is 38.1 Å². The van der Waals surface area contributed by atoms with Crippen molar-refractivity contribution >= 4 is 15.7 Å². The van der Waals surface area contributed by atoms with E-state index in [1.54, 1.807) is 26.0 Å². The van der Waals surface area contributed by atoms with Gasteiger partial charge in [-0.05, 0) is 38.3 Å². The van der Waals surface area contributed by atoms with E-state index < -0.39 is 14.9 Å². The highest BCUT2D eigenvalue weighted by Gasteiger charge is 2.33. The molecule has 1 aromatic carbocycles. The summed E-state index contributed by atoms with van der Waals surface area (Å²) in [5.41, 5.74) is 0.371. The first-order valence-corrected chi connectivity index (χ1v) is 8.70. The third-order valence-electron chi connectivity index (χ3n) is 4.12. The van der Waals surface area contributed by atoms with Crippen LogP contribution in [0.2, 0.25) is 0 Å². The Bertz CT molecular complexity index is 688. The Morgan fingerprint density at radius 2 is 1.95 bits per heavy atom. The number of nitro benzene ring substituents is 1. The molecular formula is C14H21N3O4S. The minimum Gasteiger partial charge on any atom is -0.315 e. The Hall–Kier alpha value is -1.51. The summed E-state index contributed by atoms with van der Waals surface area (Å²) >= 11 is 0. The van der Waals surface area contributed by atoms with Crippen LogP contribution >= 0.6 is 0 Å². The summed E-state index contributed by atoms with van der Waals surface area (Å²) in [5.74, 6) is 0.181. The van der Waals surface area contributed by atoms with E-state index in [4.69, 9.17) is 0 Å². The highest BCUT2D eigenvalue weighted by molar-refractivity contribution is 7.89. The zero-order valence-corrected chi connectivity index (χ0v) is 13.7. The molecule has 7 nitrogen and oxygen atoms in total. The van der Waals surface area contributed by atoms with Crippen LogP contribution in [0.1, 0.15) is 24.5 Å². The first kappa shape index (κ1) is 16.9. The van der Waals surface area contributed by atoms with Crippen molar-refractivity contribution in [3.05, 3.63) is 33.4 Å². The van der Waals surface area contributed by atoms with Crippen molar-refractivity contribution in [1.82, 2.24) is 10.0 Å². The molecule has 1 aromatic rings. The van der Waals surface area contributed by atoms with Gasteiger partial charge in [0.05, 0.1) is 4.92 Å². The smallest absolute Gasteiger partial charge is 0.292 e. The van der Waals surface area contributed by atoms with E-state index in [-0.39, 0.29) is 22.5 Å². The Labute approximate surface area is 130 Å². The van der Waals surface area contributed by atoms with Crippen molar-refractivity contribution in [2.24, 2.45) is 5.92 Å². The number of aryl methyl sites for hydroxylation is 2. The average molecular weight is 327 g/mol. The van der Waals surface area contributed by atoms with Crippen LogP contribution in [-0.4, -0.2) is 32.5 Å². The van der Waals surface area contributed by atoms with Crippen LogP contribution in [0, 0.1) is 29.9 Å². The molecule has 1 aliphatic rings. The Kier molecular flexibility index (Phi) is 4.84. The van der Waals surface area contributed by atoms with E-state index >= 15 is 0 Å². The van der Waals surface area contributed by atoms with Crippen LogP contribution in [0.3, 0.4) is 0 Å². The lowest BCUT2D eigenvalue weighted by atomic mass is 9.96. The van der Waals surface area contributed by atoms with E-state index in [9.17, 15) is 18.5 Å². The van der Waals surface area contributed by atoms with Crippen molar-refractivity contribution in [1.29, 1.82) is 0 Å². The largest absolute Gasteiger partial charge is 0.315 e. The number of sulfonamides is 1. The van der Waals surface area contributed by atoms with Crippen molar-refractivity contribution < 1.29 is 13.3 Å². The Morgan fingerprint density at radius 1 is 1.32 bits per heavy atom. The average Bonchev–Trinajstić information content (AvgIpc) is 2.43. The fourth-order valence-electron chi connectivity index (χ4n) is 2.74. The van der Waals surface area contributed by atoms with Crippen LogP contribution in [0.25, 0.3) is 0 Å². The normalized spacial score (nSPS) is 22.5. The van der Waals surface area contributed by atoms with Gasteiger partial charge in [0.25, 0.3) is 5.69 Å². The molecule has 122 valence electrons. The Morgan fingerprint density at radius 3 is 2.55 bits per heavy atom. The number of nitrogens with zero attached hydrogens (tertiary/aromatic N) is 1. The summed E-state index contributed by atoms with van der Waals surface area (Å²) in [4.78, 5) is 10.4. The molecule has 1 aliphatic heterocycles. The van der Waals surface area contributed by atoms with Gasteiger partial charge >= 0.3 is 0 Å². The highest BCUT2D eigenvalue weighted by atomic mass is 32.2. The van der Waals surface area contributed by atoms with Gasteiger partial charge < -0.3 is 5.32 Å². The maximum absolute atomic E-state index is 12.7. The standard InChI is InChI=1S/C14H21N3O4S/c1-9-6-7-15-8-12(9)16-22(20,21)14-11(3)5-4-10(2)13(14)17(18)19/h4-5,9,12,15-16H,6-8H2,1-3H3. The lowest BCUT2D eigenvalue weighted by Gasteiger charge is -2.30. The molecule has 2 N–H and O–H groups in total. The molecule has 0 saturated carbocycles. The number of rotatable bonds is 4. The van der Waals surface area contributed by atoms with E-state index in [0.717, 1.165) is 13.0 Å². The van der Waals surface area contributed by atoms with E-state index in [1.165, 1.54) is 0 Å². The molecule has 2 atom stereocenters. The van der Waals surface area contributed by atoms with E-state index in [0.29, 0.717) is 17.7 Å². The number of hydrogen-bond acceptors (Lipinski definition) is 5. The van der Waals surface area contributed by atoms with Gasteiger partial charge in [0, 0.05) is 18.2 Å². The number of nitrogens with one attached hydrogen (secondary N) is 2. The molecule has 22 heavy (non-hydrogen) atoms. The third kappa shape index (κ3) is 3.29. The molecule has 0 radical (unpaired) electrons. The molecule has 1 fully saturated rings. The molecule has 1 heterocycles. The zero-order valence-electron chi connectivity index (χ0n) is 12.9. The van der Waals surface area contributed by atoms with Gasteiger partial charge in [0.1, 0.15) is 0 Å². The van der Waals surface area contributed by atoms with E-state index in [1.807, 2.05) is 6.92 Å². The SMILES string of the molecule is Cc1ccc(C)c(S(=O)(=O)NC2CNCCC2C)c1[N+](=O)[O-]. The number of piperidine rings is 1. The van der Waals surface area contributed by atoms with Crippen molar-refractivity contribution in [3.63, 3.8) is 0 Å². The minimum atomic E-state index is -3.95. The summed E-state index contributed by atoms with van der Waals surface area (Å²) in [6.07, 6.45) is 0.863. The molecule has 8 heteroatoms. The molecule has 0 aromatic heterocycles. The second-order valence-corrected chi connectivity index (χ2v) is 7.48. The quantitative estimate of drug-likeness (QED) is 0.644. The molecular weight excluding hydrogens is 306 g/mol. The minimum absolute atomic E-state index is 0.181. The zero-order chi connectivity index (χ0) is 16.5. The second kappa shape index (κ2) is 6.31. The van der Waals surface area contributed by atoms with Gasteiger partial charge in [0.2, 0.25) is 10.0 Å². The summed E-state index contributed by atoms with van der Waals surface area (Å²) in [5, 5.41) is 14.4. The first-order valence-electron chi connectivity index (χ1n) is 7.21. The molecule has 0 bridgehead atoms. The molecule has 2 unspecified atom stereocenters. The fourth-order valence-corrected chi connectivity index (χ4v) is 4.56. The van der Waals surface area contributed by atoms with Crippen LogP contribution in [0.15, 0.2) is 17.0 Å². The first-order chi connectivity index (χ1) is 10.2. The second-order valence-electron chi connectivity index (χ2n) is 5.83. The molecule has 0 spiro atoms. The van der Waals surface area contributed by atoms with Gasteiger partial charge in [-0.25, -0.2) is 13.1 Å². The van der Waals surface area contributed by atoms with Gasteiger partial charge in [0.15, 0.2) is 4.90 Å². The number of hydrogen-bond donors (Lipinski definition) is 2. The van der Waals surface area contributed by atoms with Gasteiger partial charge in [-0.3, -0.25) is 10.1 Å². The summed E-state index contributed by atoms with van der Waals surface area (Å²) < 4.78 is 28.0. The fraction of sp³-hybridized carbons (Fsp3) is 0.571. The van der Waals surface area contributed by atoms with Gasteiger partial charge in [-0.1, -0.05) is 19.1 Å².